The molecule has 0 radical (unpaired) electrons. The number of nitrogens with zero attached hydrogens (tertiary/aromatic N) is 2. The summed E-state index contributed by atoms with van der Waals surface area (Å²) in [5, 5.41) is 0. The van der Waals surface area contributed by atoms with Gasteiger partial charge in [-0.05, 0) is 117 Å². The molecule has 0 spiro atoms. The third-order valence-electron chi connectivity index (χ3n) is 9.23. The normalized spacial score (nSPS) is 27.4. The summed E-state index contributed by atoms with van der Waals surface area (Å²) in [6.45, 7) is 4.23. The number of piperidine rings is 1. The second-order valence-corrected chi connectivity index (χ2v) is 11.1. The zero-order chi connectivity index (χ0) is 23.1. The molecular formula is C30H38N2O2. The molecule has 3 atom stereocenters. The maximum absolute atomic E-state index is 12.7. The molecule has 4 heteroatoms. The molecule has 2 aromatic rings. The van der Waals surface area contributed by atoms with E-state index in [1.807, 2.05) is 17.0 Å². The second-order valence-electron chi connectivity index (χ2n) is 11.1. The molecule has 2 saturated heterocycles. The van der Waals surface area contributed by atoms with E-state index in [1.54, 1.807) is 7.11 Å². The number of amides is 1. The van der Waals surface area contributed by atoms with Gasteiger partial charge in [0.1, 0.15) is 5.75 Å². The minimum atomic E-state index is 0.168. The van der Waals surface area contributed by atoms with Gasteiger partial charge in [-0.3, -0.25) is 4.79 Å². The van der Waals surface area contributed by atoms with Gasteiger partial charge in [0.25, 0.3) is 5.91 Å². The first kappa shape index (κ1) is 22.2. The van der Waals surface area contributed by atoms with Crippen LogP contribution in [-0.4, -0.2) is 55.0 Å². The number of ether oxygens (including phenoxy) is 1. The lowest BCUT2D eigenvalue weighted by Crippen LogP contribution is -2.43. The second kappa shape index (κ2) is 9.37. The highest BCUT2D eigenvalue weighted by atomic mass is 16.5. The first-order valence-corrected chi connectivity index (χ1v) is 13.5. The number of methoxy groups -OCH3 is 1. The van der Waals surface area contributed by atoms with Crippen molar-refractivity contribution in [2.45, 2.75) is 63.3 Å². The Hall–Kier alpha value is -2.33. The van der Waals surface area contributed by atoms with Crippen molar-refractivity contribution in [1.29, 1.82) is 0 Å². The maximum atomic E-state index is 12.7. The monoisotopic (exact) mass is 458 g/mol. The molecule has 4 aliphatic rings. The summed E-state index contributed by atoms with van der Waals surface area (Å²) in [6, 6.07) is 15.7. The zero-order valence-corrected chi connectivity index (χ0v) is 20.5. The molecular weight excluding hydrogens is 420 g/mol. The highest BCUT2D eigenvalue weighted by Gasteiger charge is 2.43. The summed E-state index contributed by atoms with van der Waals surface area (Å²) in [5.74, 6) is 3.73. The zero-order valence-electron chi connectivity index (χ0n) is 20.5. The lowest BCUT2D eigenvalue weighted by molar-refractivity contribution is 0.0793. The smallest absolute Gasteiger partial charge is 0.253 e. The fourth-order valence-corrected chi connectivity index (χ4v) is 7.34. The van der Waals surface area contributed by atoms with E-state index in [-0.39, 0.29) is 5.91 Å². The number of hydrogen-bond donors (Lipinski definition) is 0. The van der Waals surface area contributed by atoms with Crippen LogP contribution in [0, 0.1) is 11.8 Å². The van der Waals surface area contributed by atoms with Crippen LogP contribution in [0.3, 0.4) is 0 Å². The Labute approximate surface area is 204 Å². The largest absolute Gasteiger partial charge is 0.496 e. The van der Waals surface area contributed by atoms with Crippen molar-refractivity contribution in [2.75, 3.05) is 33.3 Å². The quantitative estimate of drug-likeness (QED) is 0.554. The van der Waals surface area contributed by atoms with Crippen molar-refractivity contribution in [3.63, 3.8) is 0 Å². The van der Waals surface area contributed by atoms with Gasteiger partial charge in [-0.2, -0.15) is 0 Å². The Kier molecular flexibility index (Phi) is 6.11. The number of hydrogen-bond acceptors (Lipinski definition) is 3. The fourth-order valence-electron chi connectivity index (χ4n) is 7.34. The molecule has 1 amide bonds. The predicted octanol–water partition coefficient (Wildman–Crippen LogP) is 5.97. The van der Waals surface area contributed by atoms with E-state index in [4.69, 9.17) is 4.74 Å². The molecule has 0 aromatic heterocycles. The average molecular weight is 459 g/mol. The van der Waals surface area contributed by atoms with Crippen LogP contribution < -0.4 is 4.74 Å². The Morgan fingerprint density at radius 2 is 1.59 bits per heavy atom. The fraction of sp³-hybridized carbons (Fsp3) is 0.567. The summed E-state index contributed by atoms with van der Waals surface area (Å²) in [4.78, 5) is 17.5. The maximum Gasteiger partial charge on any atom is 0.253 e. The van der Waals surface area contributed by atoms with Gasteiger partial charge in [0.15, 0.2) is 0 Å². The van der Waals surface area contributed by atoms with Crippen LogP contribution >= 0.6 is 0 Å². The predicted molar refractivity (Wildman–Crippen MR) is 136 cm³/mol. The number of fused-ring (bicyclic) bond motifs is 2. The summed E-state index contributed by atoms with van der Waals surface area (Å²) in [7, 11) is 1.79. The molecule has 2 aliphatic heterocycles. The molecule has 6 rings (SSSR count). The summed E-state index contributed by atoms with van der Waals surface area (Å²) >= 11 is 0. The van der Waals surface area contributed by atoms with Crippen LogP contribution in [0.5, 0.6) is 5.75 Å². The molecule has 2 heterocycles. The van der Waals surface area contributed by atoms with Crippen molar-refractivity contribution in [3.8, 4) is 16.9 Å². The standard InChI is InChI=1S/C30H38N2O2/c1-34-29-11-10-25(22-6-8-24(9-7-22)30(33)32-14-2-3-15-32)20-27(29)23-12-16-31(17-13-23)28-19-21-4-5-26(28)18-21/h6-11,20-21,23,26,28H,2-5,12-19H2,1H3/t21-,26-,28-/m0/s1. The van der Waals surface area contributed by atoms with Crippen LogP contribution in [-0.2, 0) is 0 Å². The number of benzene rings is 2. The molecule has 34 heavy (non-hydrogen) atoms. The van der Waals surface area contributed by atoms with E-state index < -0.39 is 0 Å². The molecule has 4 nitrogen and oxygen atoms in total. The number of carbonyl (C=O) groups is 1. The highest BCUT2D eigenvalue weighted by Crippen LogP contribution is 2.48. The van der Waals surface area contributed by atoms with E-state index in [2.05, 4.69) is 35.2 Å². The molecule has 0 unspecified atom stereocenters. The first-order valence-electron chi connectivity index (χ1n) is 13.5. The average Bonchev–Trinajstić information content (AvgIpc) is 3.67. The number of rotatable bonds is 5. The van der Waals surface area contributed by atoms with Crippen LogP contribution in [0.4, 0.5) is 0 Å². The Balaban J connectivity index is 1.16. The van der Waals surface area contributed by atoms with Crippen LogP contribution in [0.2, 0.25) is 0 Å². The van der Waals surface area contributed by atoms with Gasteiger partial charge in [-0.25, -0.2) is 0 Å². The summed E-state index contributed by atoms with van der Waals surface area (Å²) < 4.78 is 5.80. The van der Waals surface area contributed by atoms with Gasteiger partial charge in [-0.15, -0.1) is 0 Å². The van der Waals surface area contributed by atoms with Crippen LogP contribution in [0.15, 0.2) is 42.5 Å². The molecule has 2 bridgehead atoms. The summed E-state index contributed by atoms with van der Waals surface area (Å²) in [5.41, 5.74) is 4.53. The van der Waals surface area contributed by atoms with E-state index in [9.17, 15) is 4.79 Å². The van der Waals surface area contributed by atoms with E-state index in [0.717, 1.165) is 55.1 Å². The Bertz CT molecular complexity index is 1020. The van der Waals surface area contributed by atoms with Crippen molar-refractivity contribution < 1.29 is 9.53 Å². The van der Waals surface area contributed by atoms with Gasteiger partial charge in [0.05, 0.1) is 7.11 Å². The van der Waals surface area contributed by atoms with Crippen LogP contribution in [0.25, 0.3) is 11.1 Å². The third kappa shape index (κ3) is 4.15. The summed E-state index contributed by atoms with van der Waals surface area (Å²) in [6.07, 6.45) is 10.6. The van der Waals surface area contributed by atoms with Crippen molar-refractivity contribution >= 4 is 5.91 Å². The Morgan fingerprint density at radius 3 is 2.24 bits per heavy atom. The van der Waals surface area contributed by atoms with Crippen molar-refractivity contribution in [1.82, 2.24) is 9.80 Å². The van der Waals surface area contributed by atoms with E-state index >= 15 is 0 Å². The Morgan fingerprint density at radius 1 is 0.853 bits per heavy atom. The molecule has 0 N–H and O–H groups in total. The van der Waals surface area contributed by atoms with Gasteiger partial charge in [0.2, 0.25) is 0 Å². The molecule has 4 fully saturated rings. The van der Waals surface area contributed by atoms with E-state index in [0.29, 0.717) is 5.92 Å². The SMILES string of the molecule is COc1ccc(-c2ccc(C(=O)N3CCCC3)cc2)cc1C1CCN([C@H]2C[C@H]3CC[C@H]2C3)CC1. The number of likely N-dealkylation sites (tertiary alicyclic amines) is 2. The molecule has 2 saturated carbocycles. The molecule has 180 valence electrons. The number of carbonyl (C=O) groups excluding carboxylic acids is 1. The lowest BCUT2D eigenvalue weighted by atomic mass is 9.85. The van der Waals surface area contributed by atoms with Crippen molar-refractivity contribution in [3.05, 3.63) is 53.6 Å². The van der Waals surface area contributed by atoms with Gasteiger partial charge in [-0.1, -0.05) is 24.6 Å². The van der Waals surface area contributed by atoms with Gasteiger partial charge < -0.3 is 14.5 Å². The van der Waals surface area contributed by atoms with Crippen LogP contribution in [0.1, 0.15) is 73.2 Å². The van der Waals surface area contributed by atoms with E-state index in [1.165, 1.54) is 68.3 Å². The third-order valence-corrected chi connectivity index (χ3v) is 9.23. The minimum absolute atomic E-state index is 0.168. The topological polar surface area (TPSA) is 32.8 Å². The molecule has 2 aliphatic carbocycles. The first-order chi connectivity index (χ1) is 16.7. The van der Waals surface area contributed by atoms with Gasteiger partial charge >= 0.3 is 0 Å². The lowest BCUT2D eigenvalue weighted by Gasteiger charge is -2.40. The van der Waals surface area contributed by atoms with Crippen molar-refractivity contribution in [2.24, 2.45) is 11.8 Å². The molecule has 2 aromatic carbocycles. The van der Waals surface area contributed by atoms with Gasteiger partial charge in [0, 0.05) is 24.7 Å². The minimum Gasteiger partial charge on any atom is -0.496 e. The highest BCUT2D eigenvalue weighted by molar-refractivity contribution is 5.94.